The van der Waals surface area contributed by atoms with Gasteiger partial charge in [-0.3, -0.25) is 4.79 Å². The zero-order valence-corrected chi connectivity index (χ0v) is 17.7. The smallest absolute Gasteiger partial charge is 0.254 e. The van der Waals surface area contributed by atoms with Gasteiger partial charge in [-0.15, -0.1) is 5.10 Å². The third-order valence-electron chi connectivity index (χ3n) is 5.41. The van der Waals surface area contributed by atoms with Crippen LogP contribution in [0.15, 0.2) is 67.1 Å². The molecule has 0 aliphatic carbocycles. The highest BCUT2D eigenvalue weighted by molar-refractivity contribution is 5.96. The van der Waals surface area contributed by atoms with Crippen LogP contribution < -0.4 is 4.74 Å². The molecule has 1 N–H and O–H groups in total. The van der Waals surface area contributed by atoms with Crippen molar-refractivity contribution in [3.05, 3.63) is 78.2 Å². The first-order chi connectivity index (χ1) is 15.0. The summed E-state index contributed by atoms with van der Waals surface area (Å²) in [5.74, 6) is 0.506. The van der Waals surface area contributed by atoms with Crippen molar-refractivity contribution in [3.63, 3.8) is 0 Å². The van der Waals surface area contributed by atoms with Gasteiger partial charge in [0.05, 0.1) is 31.2 Å². The average molecular weight is 416 g/mol. The first-order valence-corrected chi connectivity index (χ1v) is 10.1. The highest BCUT2D eigenvalue weighted by Gasteiger charge is 2.25. The second kappa shape index (κ2) is 8.47. The maximum atomic E-state index is 13.3. The minimum atomic E-state index is -0.337. The fourth-order valence-electron chi connectivity index (χ4n) is 3.65. The molecule has 7 nitrogen and oxygen atoms in total. The Kier molecular flexibility index (Phi) is 5.58. The molecular formula is C24H24N4O3. The number of amides is 1. The standard InChI is InChI=1S/C24H24N4O3/c1-4-31-22-12-18(10-11-20(22)17-8-6-5-7-9-17)24(29)27(3)16(2)21-15-28(30)14-19-13-25-26-23(19)21/h5-16,30H,4H2,1-3H3. The van der Waals surface area contributed by atoms with E-state index in [1.807, 2.05) is 56.3 Å². The molecule has 7 heteroatoms. The van der Waals surface area contributed by atoms with Gasteiger partial charge >= 0.3 is 0 Å². The van der Waals surface area contributed by atoms with E-state index in [1.165, 1.54) is 6.20 Å². The van der Waals surface area contributed by atoms with Crippen molar-refractivity contribution in [2.24, 2.45) is 0 Å². The third-order valence-corrected chi connectivity index (χ3v) is 5.41. The average Bonchev–Trinajstić information content (AvgIpc) is 3.26. The van der Waals surface area contributed by atoms with E-state index in [0.717, 1.165) is 15.9 Å². The Balaban J connectivity index is 1.65. The number of aromatic nitrogens is 3. The topological polar surface area (TPSA) is 80.5 Å². The van der Waals surface area contributed by atoms with E-state index < -0.39 is 0 Å². The van der Waals surface area contributed by atoms with E-state index in [4.69, 9.17) is 4.74 Å². The summed E-state index contributed by atoms with van der Waals surface area (Å²) in [5, 5.41) is 18.1. The normalized spacial score (nSPS) is 12.0. The zero-order chi connectivity index (χ0) is 22.0. The second-order valence-electron chi connectivity index (χ2n) is 7.34. The Morgan fingerprint density at radius 2 is 1.94 bits per heavy atom. The summed E-state index contributed by atoms with van der Waals surface area (Å²) in [4.78, 5) is 14.9. The summed E-state index contributed by atoms with van der Waals surface area (Å²) < 4.78 is 6.81. The molecule has 2 aromatic rings. The maximum Gasteiger partial charge on any atom is 0.254 e. The molecule has 0 radical (unpaired) electrons. The molecule has 31 heavy (non-hydrogen) atoms. The van der Waals surface area contributed by atoms with Gasteiger partial charge in [-0.05, 0) is 37.6 Å². The summed E-state index contributed by atoms with van der Waals surface area (Å²) in [5.41, 5.74) is 4.56. The SMILES string of the molecule is CCOc1cc(C(=O)N(C)C(C)c2cn(O)cc3cnnc2-3)ccc1-c1ccccc1. The number of fused-ring (bicyclic) bond motifs is 1. The van der Waals surface area contributed by atoms with Crippen molar-refractivity contribution in [1.29, 1.82) is 0 Å². The van der Waals surface area contributed by atoms with Gasteiger partial charge in [0.25, 0.3) is 5.91 Å². The van der Waals surface area contributed by atoms with Gasteiger partial charge in [-0.2, -0.15) is 5.10 Å². The van der Waals surface area contributed by atoms with Gasteiger partial charge in [-0.25, -0.2) is 4.73 Å². The summed E-state index contributed by atoms with van der Waals surface area (Å²) >= 11 is 0. The Hall–Kier alpha value is -3.87. The molecular weight excluding hydrogens is 392 g/mol. The van der Waals surface area contributed by atoms with Crippen molar-refractivity contribution in [2.75, 3.05) is 13.7 Å². The summed E-state index contributed by atoms with van der Waals surface area (Å²) in [6.45, 7) is 4.31. The van der Waals surface area contributed by atoms with Crippen molar-refractivity contribution in [1.82, 2.24) is 19.8 Å². The predicted molar refractivity (Wildman–Crippen MR) is 117 cm³/mol. The molecule has 0 aromatic heterocycles. The number of rotatable bonds is 6. The molecule has 1 amide bonds. The number of carbonyl (C=O) groups excluding carboxylic acids is 1. The van der Waals surface area contributed by atoms with E-state index in [9.17, 15) is 10.0 Å². The lowest BCUT2D eigenvalue weighted by Crippen LogP contribution is -2.30. The Morgan fingerprint density at radius 1 is 1.16 bits per heavy atom. The molecule has 158 valence electrons. The minimum Gasteiger partial charge on any atom is -0.493 e. The van der Waals surface area contributed by atoms with Crippen LogP contribution in [0.3, 0.4) is 0 Å². The summed E-state index contributed by atoms with van der Waals surface area (Å²) in [6.07, 6.45) is 4.66. The Bertz CT molecular complexity index is 1170. The molecule has 4 rings (SSSR count). The van der Waals surface area contributed by atoms with Gasteiger partial charge < -0.3 is 14.8 Å². The monoisotopic (exact) mass is 416 g/mol. The van der Waals surface area contributed by atoms with E-state index in [1.54, 1.807) is 30.4 Å². The molecule has 2 heterocycles. The van der Waals surface area contributed by atoms with Crippen molar-refractivity contribution in [2.45, 2.75) is 19.9 Å². The fraction of sp³-hybridized carbons (Fsp3) is 0.208. The molecule has 0 bridgehead atoms. The molecule has 2 aliphatic rings. The van der Waals surface area contributed by atoms with E-state index in [2.05, 4.69) is 10.2 Å². The number of hydrogen-bond donors (Lipinski definition) is 1. The van der Waals surface area contributed by atoms with Gasteiger partial charge in [0.1, 0.15) is 11.4 Å². The van der Waals surface area contributed by atoms with Crippen molar-refractivity contribution >= 4 is 5.91 Å². The second-order valence-corrected chi connectivity index (χ2v) is 7.34. The number of nitrogens with zero attached hydrogens (tertiary/aromatic N) is 4. The lowest BCUT2D eigenvalue weighted by atomic mass is 10.0. The van der Waals surface area contributed by atoms with Crippen LogP contribution in [-0.2, 0) is 0 Å². The summed E-state index contributed by atoms with van der Waals surface area (Å²) in [6, 6.07) is 15.1. The van der Waals surface area contributed by atoms with Crippen LogP contribution in [0.2, 0.25) is 0 Å². The first-order valence-electron chi connectivity index (χ1n) is 10.1. The zero-order valence-electron chi connectivity index (χ0n) is 17.7. The van der Waals surface area contributed by atoms with Crippen molar-refractivity contribution in [3.8, 4) is 28.1 Å². The number of ether oxygens (including phenoxy) is 1. The molecule has 2 aliphatic heterocycles. The lowest BCUT2D eigenvalue weighted by molar-refractivity contribution is 0.0739. The van der Waals surface area contributed by atoms with Crippen molar-refractivity contribution < 1.29 is 14.7 Å². The van der Waals surface area contributed by atoms with Crippen LogP contribution in [0.5, 0.6) is 5.75 Å². The van der Waals surface area contributed by atoms with E-state index in [0.29, 0.717) is 34.7 Å². The molecule has 2 aromatic carbocycles. The Labute approximate surface area is 180 Å². The van der Waals surface area contributed by atoms with Gasteiger partial charge in [0.15, 0.2) is 0 Å². The van der Waals surface area contributed by atoms with Crippen LogP contribution in [0.4, 0.5) is 0 Å². The number of carbonyl (C=O) groups is 1. The van der Waals surface area contributed by atoms with Crippen LogP contribution >= 0.6 is 0 Å². The van der Waals surface area contributed by atoms with Gasteiger partial charge in [0, 0.05) is 29.3 Å². The van der Waals surface area contributed by atoms with E-state index >= 15 is 0 Å². The van der Waals surface area contributed by atoms with Crippen LogP contribution in [-0.4, -0.2) is 44.6 Å². The van der Waals surface area contributed by atoms with Crippen LogP contribution in [0.1, 0.15) is 35.8 Å². The lowest BCUT2D eigenvalue weighted by Gasteiger charge is -2.27. The molecule has 0 saturated carbocycles. The largest absolute Gasteiger partial charge is 0.493 e. The first kappa shape index (κ1) is 20.4. The molecule has 0 saturated heterocycles. The minimum absolute atomic E-state index is 0.158. The number of pyridine rings is 1. The third kappa shape index (κ3) is 3.94. The molecule has 0 fully saturated rings. The Morgan fingerprint density at radius 3 is 2.68 bits per heavy atom. The van der Waals surface area contributed by atoms with Crippen LogP contribution in [0, 0.1) is 0 Å². The molecule has 1 atom stereocenters. The van der Waals surface area contributed by atoms with E-state index in [-0.39, 0.29) is 11.9 Å². The van der Waals surface area contributed by atoms with Crippen LogP contribution in [0.25, 0.3) is 22.4 Å². The molecule has 0 spiro atoms. The number of benzene rings is 2. The predicted octanol–water partition coefficient (Wildman–Crippen LogP) is 4.52. The highest BCUT2D eigenvalue weighted by atomic mass is 16.5. The fourth-order valence-corrected chi connectivity index (χ4v) is 3.65. The van der Waals surface area contributed by atoms with Gasteiger partial charge in [0.2, 0.25) is 0 Å². The quantitative estimate of drug-likeness (QED) is 0.468. The number of hydrogen-bond acceptors (Lipinski definition) is 5. The van der Waals surface area contributed by atoms with Gasteiger partial charge in [-0.1, -0.05) is 30.3 Å². The highest BCUT2D eigenvalue weighted by Crippen LogP contribution is 2.33. The maximum absolute atomic E-state index is 13.3. The summed E-state index contributed by atoms with van der Waals surface area (Å²) in [7, 11) is 1.73. The molecule has 1 unspecified atom stereocenters.